The lowest BCUT2D eigenvalue weighted by atomic mass is 10.1. The minimum absolute atomic E-state index is 0.219. The third-order valence-electron chi connectivity index (χ3n) is 2.45. The van der Waals surface area contributed by atoms with Gasteiger partial charge in [0.15, 0.2) is 5.78 Å². The first-order chi connectivity index (χ1) is 7.59. The number of ketones is 1. The highest BCUT2D eigenvalue weighted by Crippen LogP contribution is 2.05. The summed E-state index contributed by atoms with van der Waals surface area (Å²) >= 11 is 0. The van der Waals surface area contributed by atoms with Crippen molar-refractivity contribution >= 4 is 5.78 Å². The Morgan fingerprint density at radius 1 is 1.25 bits per heavy atom. The number of carbonyl (C=O) groups is 1. The SMILES string of the molecule is Cc1ccc(C(=O)CCNCC(C)C)cc1. The van der Waals surface area contributed by atoms with E-state index in [1.807, 2.05) is 31.2 Å². The van der Waals surface area contributed by atoms with E-state index in [1.54, 1.807) is 0 Å². The first kappa shape index (κ1) is 12.9. The predicted molar refractivity (Wildman–Crippen MR) is 67.8 cm³/mol. The average Bonchev–Trinajstić information content (AvgIpc) is 2.25. The second kappa shape index (κ2) is 6.44. The third kappa shape index (κ3) is 4.58. The van der Waals surface area contributed by atoms with Crippen LogP contribution in [0.3, 0.4) is 0 Å². The highest BCUT2D eigenvalue weighted by molar-refractivity contribution is 5.96. The maximum absolute atomic E-state index is 11.8. The average molecular weight is 219 g/mol. The summed E-state index contributed by atoms with van der Waals surface area (Å²) in [5.41, 5.74) is 2.01. The molecular formula is C14H21NO. The molecule has 0 saturated carbocycles. The first-order valence-electron chi connectivity index (χ1n) is 5.90. The Kier molecular flexibility index (Phi) is 5.20. The van der Waals surface area contributed by atoms with Crippen LogP contribution in [0, 0.1) is 12.8 Å². The summed E-state index contributed by atoms with van der Waals surface area (Å²) in [6.45, 7) is 8.09. The number of aryl methyl sites for hydroxylation is 1. The fraction of sp³-hybridized carbons (Fsp3) is 0.500. The van der Waals surface area contributed by atoms with Crippen LogP contribution in [0.15, 0.2) is 24.3 Å². The van der Waals surface area contributed by atoms with Crippen LogP contribution in [-0.2, 0) is 0 Å². The molecule has 0 fully saturated rings. The first-order valence-corrected chi connectivity index (χ1v) is 5.90. The maximum atomic E-state index is 11.8. The highest BCUT2D eigenvalue weighted by atomic mass is 16.1. The van der Waals surface area contributed by atoms with Crippen molar-refractivity contribution in [3.05, 3.63) is 35.4 Å². The molecule has 0 heterocycles. The molecule has 0 spiro atoms. The molecule has 2 nitrogen and oxygen atoms in total. The van der Waals surface area contributed by atoms with Crippen molar-refractivity contribution in [3.8, 4) is 0 Å². The van der Waals surface area contributed by atoms with Gasteiger partial charge in [0.05, 0.1) is 0 Å². The monoisotopic (exact) mass is 219 g/mol. The summed E-state index contributed by atoms with van der Waals surface area (Å²) < 4.78 is 0. The van der Waals surface area contributed by atoms with Crippen molar-refractivity contribution < 1.29 is 4.79 Å². The molecule has 88 valence electrons. The molecule has 0 radical (unpaired) electrons. The summed E-state index contributed by atoms with van der Waals surface area (Å²) in [5, 5.41) is 3.28. The van der Waals surface area contributed by atoms with Crippen LogP contribution >= 0.6 is 0 Å². The molecule has 0 unspecified atom stereocenters. The number of nitrogens with one attached hydrogen (secondary N) is 1. The van der Waals surface area contributed by atoms with E-state index in [1.165, 1.54) is 5.56 Å². The number of benzene rings is 1. The minimum Gasteiger partial charge on any atom is -0.316 e. The van der Waals surface area contributed by atoms with E-state index in [0.717, 1.165) is 18.7 Å². The van der Waals surface area contributed by atoms with Crippen molar-refractivity contribution in [3.63, 3.8) is 0 Å². The van der Waals surface area contributed by atoms with Crippen LogP contribution in [0.5, 0.6) is 0 Å². The van der Waals surface area contributed by atoms with Gasteiger partial charge in [-0.3, -0.25) is 4.79 Å². The van der Waals surface area contributed by atoms with Gasteiger partial charge in [-0.15, -0.1) is 0 Å². The van der Waals surface area contributed by atoms with Crippen molar-refractivity contribution in [2.24, 2.45) is 5.92 Å². The zero-order chi connectivity index (χ0) is 12.0. The molecule has 1 aromatic rings. The molecule has 0 amide bonds. The van der Waals surface area contributed by atoms with Gasteiger partial charge in [0.1, 0.15) is 0 Å². The third-order valence-corrected chi connectivity index (χ3v) is 2.45. The van der Waals surface area contributed by atoms with Gasteiger partial charge in [-0.25, -0.2) is 0 Å². The Morgan fingerprint density at radius 2 is 1.88 bits per heavy atom. The molecule has 0 saturated heterocycles. The number of Topliss-reactive ketones (excluding diaryl/α,β-unsaturated/α-hetero) is 1. The lowest BCUT2D eigenvalue weighted by molar-refractivity contribution is 0.0982. The van der Waals surface area contributed by atoms with E-state index >= 15 is 0 Å². The molecule has 0 aliphatic carbocycles. The van der Waals surface area contributed by atoms with Crippen molar-refractivity contribution in [2.75, 3.05) is 13.1 Å². The molecule has 2 heteroatoms. The molecule has 1 rings (SSSR count). The number of rotatable bonds is 6. The summed E-state index contributed by atoms with van der Waals surface area (Å²) in [6.07, 6.45) is 0.579. The van der Waals surface area contributed by atoms with Crippen molar-refractivity contribution in [1.29, 1.82) is 0 Å². The number of hydrogen-bond acceptors (Lipinski definition) is 2. The molecular weight excluding hydrogens is 198 g/mol. The molecule has 0 aliphatic heterocycles. The van der Waals surface area contributed by atoms with Gasteiger partial charge in [0, 0.05) is 18.5 Å². The van der Waals surface area contributed by atoms with Crippen LogP contribution in [0.4, 0.5) is 0 Å². The van der Waals surface area contributed by atoms with Gasteiger partial charge in [-0.1, -0.05) is 43.7 Å². The van der Waals surface area contributed by atoms with E-state index in [-0.39, 0.29) is 5.78 Å². The number of carbonyl (C=O) groups excluding carboxylic acids is 1. The predicted octanol–water partition coefficient (Wildman–Crippen LogP) is 2.81. The Hall–Kier alpha value is -1.15. The topological polar surface area (TPSA) is 29.1 Å². The van der Waals surface area contributed by atoms with Gasteiger partial charge in [-0.05, 0) is 19.4 Å². The maximum Gasteiger partial charge on any atom is 0.164 e. The molecule has 0 atom stereocenters. The van der Waals surface area contributed by atoms with Crippen LogP contribution in [-0.4, -0.2) is 18.9 Å². The van der Waals surface area contributed by atoms with E-state index in [0.29, 0.717) is 12.3 Å². The lowest BCUT2D eigenvalue weighted by Gasteiger charge is -2.06. The normalized spacial score (nSPS) is 10.8. The standard InChI is InChI=1S/C14H21NO/c1-11(2)10-15-9-8-14(16)13-6-4-12(3)5-7-13/h4-7,11,15H,8-10H2,1-3H3. The van der Waals surface area contributed by atoms with Gasteiger partial charge in [0.2, 0.25) is 0 Å². The summed E-state index contributed by atoms with van der Waals surface area (Å²) in [5.74, 6) is 0.853. The van der Waals surface area contributed by atoms with Crippen LogP contribution in [0.2, 0.25) is 0 Å². The van der Waals surface area contributed by atoms with Crippen molar-refractivity contribution in [2.45, 2.75) is 27.2 Å². The molecule has 16 heavy (non-hydrogen) atoms. The summed E-state index contributed by atoms with van der Waals surface area (Å²) in [4.78, 5) is 11.8. The zero-order valence-electron chi connectivity index (χ0n) is 10.4. The van der Waals surface area contributed by atoms with Crippen LogP contribution in [0.25, 0.3) is 0 Å². The molecule has 0 aromatic heterocycles. The highest BCUT2D eigenvalue weighted by Gasteiger charge is 2.04. The summed E-state index contributed by atoms with van der Waals surface area (Å²) in [6, 6.07) is 7.77. The Morgan fingerprint density at radius 3 is 2.44 bits per heavy atom. The van der Waals surface area contributed by atoms with E-state index in [9.17, 15) is 4.79 Å². The molecule has 1 N–H and O–H groups in total. The quantitative estimate of drug-likeness (QED) is 0.589. The molecule has 0 aliphatic rings. The Balaban J connectivity index is 2.32. The zero-order valence-corrected chi connectivity index (χ0v) is 10.4. The second-order valence-corrected chi connectivity index (χ2v) is 4.64. The van der Waals surface area contributed by atoms with Crippen LogP contribution < -0.4 is 5.32 Å². The van der Waals surface area contributed by atoms with E-state index in [4.69, 9.17) is 0 Å². The minimum atomic E-state index is 0.219. The molecule has 0 bridgehead atoms. The van der Waals surface area contributed by atoms with Gasteiger partial charge >= 0.3 is 0 Å². The smallest absolute Gasteiger partial charge is 0.164 e. The Bertz CT molecular complexity index is 327. The lowest BCUT2D eigenvalue weighted by Crippen LogP contribution is -2.22. The number of hydrogen-bond donors (Lipinski definition) is 1. The largest absolute Gasteiger partial charge is 0.316 e. The fourth-order valence-corrected chi connectivity index (χ4v) is 1.48. The Labute approximate surface area is 98.1 Å². The fourth-order valence-electron chi connectivity index (χ4n) is 1.48. The van der Waals surface area contributed by atoms with Crippen LogP contribution in [0.1, 0.15) is 36.2 Å². The van der Waals surface area contributed by atoms with Gasteiger partial charge in [0.25, 0.3) is 0 Å². The van der Waals surface area contributed by atoms with E-state index in [2.05, 4.69) is 19.2 Å². The summed E-state index contributed by atoms with van der Waals surface area (Å²) in [7, 11) is 0. The van der Waals surface area contributed by atoms with E-state index < -0.39 is 0 Å². The van der Waals surface area contributed by atoms with Gasteiger partial charge < -0.3 is 5.32 Å². The second-order valence-electron chi connectivity index (χ2n) is 4.64. The molecule has 1 aromatic carbocycles. The van der Waals surface area contributed by atoms with Gasteiger partial charge in [-0.2, -0.15) is 0 Å². The van der Waals surface area contributed by atoms with Crippen molar-refractivity contribution in [1.82, 2.24) is 5.32 Å².